The maximum Gasteiger partial charge on any atom is 0.159 e. The van der Waals surface area contributed by atoms with E-state index >= 15 is 0 Å². The summed E-state index contributed by atoms with van der Waals surface area (Å²) in [5, 5.41) is 3.92. The zero-order valence-corrected chi connectivity index (χ0v) is 13.2. The third-order valence-corrected chi connectivity index (χ3v) is 4.36. The highest BCUT2D eigenvalue weighted by atomic mass is 35.5. The van der Waals surface area contributed by atoms with Crippen molar-refractivity contribution in [3.63, 3.8) is 0 Å². The number of rotatable bonds is 6. The number of hydrogen-bond acceptors (Lipinski definition) is 2. The van der Waals surface area contributed by atoms with Crippen LogP contribution in [0.1, 0.15) is 18.9 Å². The quantitative estimate of drug-likeness (QED) is 0.725. The molecule has 2 aromatic carbocycles. The zero-order chi connectivity index (χ0) is 15.2. The third kappa shape index (κ3) is 4.70. The van der Waals surface area contributed by atoms with Gasteiger partial charge in [-0.15, -0.1) is 0 Å². The van der Waals surface area contributed by atoms with E-state index in [4.69, 9.17) is 11.6 Å². The summed E-state index contributed by atoms with van der Waals surface area (Å²) in [7, 11) is 0. The summed E-state index contributed by atoms with van der Waals surface area (Å²) in [6.07, 6.45) is 1.08. The highest BCUT2D eigenvalue weighted by molar-refractivity contribution is 7.99. The molecule has 21 heavy (non-hydrogen) atoms. The maximum absolute atomic E-state index is 13.2. The van der Waals surface area contributed by atoms with Crippen LogP contribution in [0.5, 0.6) is 0 Å². The molecule has 1 nitrogen and oxygen atoms in total. The fourth-order valence-corrected chi connectivity index (χ4v) is 2.98. The van der Waals surface area contributed by atoms with Crippen LogP contribution in [0.4, 0.5) is 8.78 Å². The van der Waals surface area contributed by atoms with Crippen LogP contribution in [0, 0.1) is 11.6 Å². The summed E-state index contributed by atoms with van der Waals surface area (Å²) in [5.41, 5.74) is 1.10. The van der Waals surface area contributed by atoms with E-state index in [1.54, 1.807) is 0 Å². The molecule has 0 bridgehead atoms. The van der Waals surface area contributed by atoms with Crippen LogP contribution in [0.15, 0.2) is 46.2 Å². The lowest BCUT2D eigenvalue weighted by atomic mass is 10.2. The molecular weight excluding hydrogens is 312 g/mol. The molecule has 0 unspecified atom stereocenters. The van der Waals surface area contributed by atoms with Crippen LogP contribution in [-0.2, 0) is 6.54 Å². The number of hydrogen-bond donors (Lipinski definition) is 1. The molecule has 0 saturated carbocycles. The summed E-state index contributed by atoms with van der Waals surface area (Å²) in [6.45, 7) is 3.84. The van der Waals surface area contributed by atoms with Gasteiger partial charge in [0, 0.05) is 16.3 Å². The molecule has 2 aromatic rings. The normalized spacial score (nSPS) is 10.9. The zero-order valence-electron chi connectivity index (χ0n) is 11.6. The Morgan fingerprint density at radius 1 is 1.10 bits per heavy atom. The molecule has 0 atom stereocenters. The smallest absolute Gasteiger partial charge is 0.159 e. The largest absolute Gasteiger partial charge is 0.313 e. The molecule has 0 aliphatic carbocycles. The monoisotopic (exact) mass is 327 g/mol. The van der Waals surface area contributed by atoms with Crippen molar-refractivity contribution in [3.8, 4) is 0 Å². The van der Waals surface area contributed by atoms with Crippen molar-refractivity contribution in [2.75, 3.05) is 6.54 Å². The molecule has 0 saturated heterocycles. The average molecular weight is 328 g/mol. The average Bonchev–Trinajstić information content (AvgIpc) is 2.46. The SMILES string of the molecule is CCCNCc1ccc(Sc2ccc(F)c(F)c2)c(Cl)c1. The third-order valence-electron chi connectivity index (χ3n) is 2.87. The Labute approximate surface area is 132 Å². The Balaban J connectivity index is 2.08. The van der Waals surface area contributed by atoms with E-state index in [-0.39, 0.29) is 0 Å². The lowest BCUT2D eigenvalue weighted by Gasteiger charge is -2.08. The van der Waals surface area contributed by atoms with Gasteiger partial charge in [-0.2, -0.15) is 0 Å². The van der Waals surface area contributed by atoms with Gasteiger partial charge in [0.05, 0.1) is 5.02 Å². The minimum atomic E-state index is -0.850. The number of nitrogens with one attached hydrogen (secondary N) is 1. The molecule has 0 radical (unpaired) electrons. The van der Waals surface area contributed by atoms with E-state index in [0.717, 1.165) is 36.0 Å². The molecule has 0 heterocycles. The van der Waals surface area contributed by atoms with Gasteiger partial charge < -0.3 is 5.32 Å². The van der Waals surface area contributed by atoms with Crippen molar-refractivity contribution >= 4 is 23.4 Å². The first-order chi connectivity index (χ1) is 10.1. The van der Waals surface area contributed by atoms with E-state index in [1.807, 2.05) is 18.2 Å². The molecule has 0 aliphatic heterocycles. The molecule has 0 amide bonds. The minimum absolute atomic E-state index is 0.612. The van der Waals surface area contributed by atoms with Crippen molar-refractivity contribution in [1.82, 2.24) is 5.32 Å². The van der Waals surface area contributed by atoms with Gasteiger partial charge in [-0.1, -0.05) is 36.4 Å². The second-order valence-corrected chi connectivity index (χ2v) is 6.14. The summed E-state index contributed by atoms with van der Waals surface area (Å²) in [6, 6.07) is 9.61. The van der Waals surface area contributed by atoms with Gasteiger partial charge in [0.25, 0.3) is 0 Å². The van der Waals surface area contributed by atoms with E-state index in [0.29, 0.717) is 9.92 Å². The van der Waals surface area contributed by atoms with E-state index < -0.39 is 11.6 Å². The van der Waals surface area contributed by atoms with Gasteiger partial charge >= 0.3 is 0 Å². The molecule has 2 rings (SSSR count). The first kappa shape index (κ1) is 16.3. The molecule has 0 aliphatic rings. The Bertz CT molecular complexity index is 619. The summed E-state index contributed by atoms with van der Waals surface area (Å²) >= 11 is 7.56. The van der Waals surface area contributed by atoms with Crippen LogP contribution in [0.25, 0.3) is 0 Å². The standard InChI is InChI=1S/C16H16ClF2NS/c1-2-7-20-10-11-3-6-16(13(17)8-11)21-12-4-5-14(18)15(19)9-12/h3-6,8-9,20H,2,7,10H2,1H3. The predicted molar refractivity (Wildman–Crippen MR) is 83.9 cm³/mol. The van der Waals surface area contributed by atoms with E-state index in [9.17, 15) is 8.78 Å². The van der Waals surface area contributed by atoms with Crippen LogP contribution in [0.3, 0.4) is 0 Å². The molecule has 5 heteroatoms. The minimum Gasteiger partial charge on any atom is -0.313 e. The lowest BCUT2D eigenvalue weighted by molar-refractivity contribution is 0.506. The molecular formula is C16H16ClF2NS. The van der Waals surface area contributed by atoms with Crippen molar-refractivity contribution in [2.24, 2.45) is 0 Å². The van der Waals surface area contributed by atoms with Gasteiger partial charge in [0.1, 0.15) is 0 Å². The van der Waals surface area contributed by atoms with Crippen LogP contribution in [0.2, 0.25) is 5.02 Å². The van der Waals surface area contributed by atoms with Crippen molar-refractivity contribution in [2.45, 2.75) is 29.7 Å². The summed E-state index contributed by atoms with van der Waals surface area (Å²) < 4.78 is 26.1. The van der Waals surface area contributed by atoms with Crippen molar-refractivity contribution in [1.29, 1.82) is 0 Å². The fraction of sp³-hybridized carbons (Fsp3) is 0.250. The van der Waals surface area contributed by atoms with Gasteiger partial charge in [-0.3, -0.25) is 0 Å². The van der Waals surface area contributed by atoms with Crippen molar-refractivity contribution < 1.29 is 8.78 Å². The van der Waals surface area contributed by atoms with Crippen LogP contribution in [-0.4, -0.2) is 6.54 Å². The van der Waals surface area contributed by atoms with E-state index in [2.05, 4.69) is 12.2 Å². The molecule has 1 N–H and O–H groups in total. The predicted octanol–water partition coefficient (Wildman–Crippen LogP) is 5.27. The summed E-state index contributed by atoms with van der Waals surface area (Å²) in [5.74, 6) is -1.70. The maximum atomic E-state index is 13.2. The lowest BCUT2D eigenvalue weighted by Crippen LogP contribution is -2.13. The summed E-state index contributed by atoms with van der Waals surface area (Å²) in [4.78, 5) is 1.44. The Hall–Kier alpha value is -1.10. The Kier molecular flexibility index (Phi) is 6.03. The molecule has 112 valence electrons. The van der Waals surface area contributed by atoms with Crippen LogP contribution < -0.4 is 5.32 Å². The topological polar surface area (TPSA) is 12.0 Å². The highest BCUT2D eigenvalue weighted by Crippen LogP contribution is 2.34. The van der Waals surface area contributed by atoms with Gasteiger partial charge in [-0.05, 0) is 48.9 Å². The Morgan fingerprint density at radius 2 is 1.90 bits per heavy atom. The van der Waals surface area contributed by atoms with Crippen molar-refractivity contribution in [3.05, 3.63) is 58.6 Å². The van der Waals surface area contributed by atoms with Gasteiger partial charge in [0.15, 0.2) is 11.6 Å². The second-order valence-electron chi connectivity index (χ2n) is 4.62. The molecule has 0 spiro atoms. The fourth-order valence-electron chi connectivity index (χ4n) is 1.81. The van der Waals surface area contributed by atoms with Crippen LogP contribution >= 0.6 is 23.4 Å². The second kappa shape index (κ2) is 7.78. The molecule has 0 aromatic heterocycles. The molecule has 0 fully saturated rings. The first-order valence-corrected chi connectivity index (χ1v) is 7.91. The first-order valence-electron chi connectivity index (χ1n) is 6.72. The Morgan fingerprint density at radius 3 is 2.57 bits per heavy atom. The van der Waals surface area contributed by atoms with Gasteiger partial charge in [0.2, 0.25) is 0 Å². The highest BCUT2D eigenvalue weighted by Gasteiger charge is 2.07. The van der Waals surface area contributed by atoms with E-state index in [1.165, 1.54) is 23.9 Å². The number of benzene rings is 2. The number of halogens is 3. The van der Waals surface area contributed by atoms with Gasteiger partial charge in [-0.25, -0.2) is 8.78 Å².